The predicted octanol–water partition coefficient (Wildman–Crippen LogP) is 5.81. The lowest BCUT2D eigenvalue weighted by Gasteiger charge is -2.32. The Balaban J connectivity index is 1.14. The van der Waals surface area contributed by atoms with Crippen molar-refractivity contribution >= 4 is 21.6 Å². The van der Waals surface area contributed by atoms with E-state index in [4.69, 9.17) is 9.26 Å². The van der Waals surface area contributed by atoms with Gasteiger partial charge in [0.25, 0.3) is 0 Å². The largest absolute Gasteiger partial charge is 0.492 e. The molecule has 0 radical (unpaired) electrons. The SMILES string of the molecule is c1ccc(C2CCN(CCOc3cccc(-c4noc5ccsc45)c3)CC2)cc1. The quantitative estimate of drug-likeness (QED) is 0.406. The maximum Gasteiger partial charge on any atom is 0.178 e. The van der Waals surface area contributed by atoms with Crippen LogP contribution < -0.4 is 4.74 Å². The fourth-order valence-corrected chi connectivity index (χ4v) is 4.92. The fourth-order valence-electron chi connectivity index (χ4n) is 4.10. The summed E-state index contributed by atoms with van der Waals surface area (Å²) < 4.78 is 12.5. The van der Waals surface area contributed by atoms with Crippen LogP contribution in [0.2, 0.25) is 0 Å². The number of hydrogen-bond donors (Lipinski definition) is 0. The highest BCUT2D eigenvalue weighted by Gasteiger charge is 2.20. The van der Waals surface area contributed by atoms with Crippen LogP contribution >= 0.6 is 11.3 Å². The molecule has 2 aromatic heterocycles. The van der Waals surface area contributed by atoms with E-state index in [0.717, 1.165) is 46.9 Å². The molecule has 1 aliphatic heterocycles. The van der Waals surface area contributed by atoms with Crippen molar-refractivity contribution in [2.45, 2.75) is 18.8 Å². The van der Waals surface area contributed by atoms with Crippen molar-refractivity contribution in [3.05, 3.63) is 71.6 Å². The third-order valence-electron chi connectivity index (χ3n) is 5.72. The number of hydrogen-bond acceptors (Lipinski definition) is 5. The van der Waals surface area contributed by atoms with Gasteiger partial charge in [0.05, 0.1) is 0 Å². The average Bonchev–Trinajstić information content (AvgIpc) is 3.39. The maximum absolute atomic E-state index is 6.06. The first-order chi connectivity index (χ1) is 14.4. The molecule has 0 atom stereocenters. The van der Waals surface area contributed by atoms with Gasteiger partial charge in [-0.1, -0.05) is 47.6 Å². The van der Waals surface area contributed by atoms with Crippen LogP contribution in [0.5, 0.6) is 5.75 Å². The minimum absolute atomic E-state index is 0.696. The first kappa shape index (κ1) is 18.4. The van der Waals surface area contributed by atoms with Crippen molar-refractivity contribution < 1.29 is 9.26 Å². The van der Waals surface area contributed by atoms with E-state index in [9.17, 15) is 0 Å². The minimum atomic E-state index is 0.696. The average molecular weight is 405 g/mol. The summed E-state index contributed by atoms with van der Waals surface area (Å²) in [5.74, 6) is 1.58. The zero-order valence-electron chi connectivity index (χ0n) is 16.3. The Morgan fingerprint density at radius 1 is 1.03 bits per heavy atom. The summed E-state index contributed by atoms with van der Waals surface area (Å²) in [7, 11) is 0. The molecule has 1 saturated heterocycles. The van der Waals surface area contributed by atoms with Gasteiger partial charge < -0.3 is 9.26 Å². The highest BCUT2D eigenvalue weighted by Crippen LogP contribution is 2.33. The van der Waals surface area contributed by atoms with E-state index in [0.29, 0.717) is 12.5 Å². The number of ether oxygens (including phenoxy) is 1. The second-order valence-corrected chi connectivity index (χ2v) is 8.46. The smallest absolute Gasteiger partial charge is 0.178 e. The summed E-state index contributed by atoms with van der Waals surface area (Å²) in [6.07, 6.45) is 2.45. The number of fused-ring (bicyclic) bond motifs is 1. The normalized spacial score (nSPS) is 15.7. The predicted molar refractivity (Wildman–Crippen MR) is 118 cm³/mol. The van der Waals surface area contributed by atoms with Gasteiger partial charge in [-0.15, -0.1) is 11.3 Å². The highest BCUT2D eigenvalue weighted by molar-refractivity contribution is 7.17. The first-order valence-electron chi connectivity index (χ1n) is 10.2. The molecule has 1 fully saturated rings. The minimum Gasteiger partial charge on any atom is -0.492 e. The molecule has 5 heteroatoms. The van der Waals surface area contributed by atoms with E-state index in [1.807, 2.05) is 23.6 Å². The second-order valence-electron chi connectivity index (χ2n) is 7.55. The molecule has 3 heterocycles. The fraction of sp³-hybridized carbons (Fsp3) is 0.292. The Labute approximate surface area is 174 Å². The van der Waals surface area contributed by atoms with Crippen LogP contribution in [0.15, 0.2) is 70.6 Å². The van der Waals surface area contributed by atoms with Gasteiger partial charge in [0, 0.05) is 12.1 Å². The number of likely N-dealkylation sites (tertiary alicyclic amines) is 1. The van der Waals surface area contributed by atoms with Crippen LogP contribution in [0.4, 0.5) is 0 Å². The summed E-state index contributed by atoms with van der Waals surface area (Å²) in [6.45, 7) is 3.94. The Morgan fingerprint density at radius 3 is 2.76 bits per heavy atom. The van der Waals surface area contributed by atoms with Gasteiger partial charge in [0.2, 0.25) is 0 Å². The van der Waals surface area contributed by atoms with E-state index in [1.54, 1.807) is 11.3 Å². The van der Waals surface area contributed by atoms with Gasteiger partial charge in [0.15, 0.2) is 5.58 Å². The molecule has 4 aromatic rings. The number of piperidine rings is 1. The molecule has 2 aromatic carbocycles. The van der Waals surface area contributed by atoms with Crippen LogP contribution in [0.1, 0.15) is 24.3 Å². The molecule has 1 aliphatic rings. The molecule has 148 valence electrons. The number of aromatic nitrogens is 1. The molecule has 4 nitrogen and oxygen atoms in total. The molecular weight excluding hydrogens is 380 g/mol. The molecule has 0 saturated carbocycles. The Hall–Kier alpha value is -2.63. The Morgan fingerprint density at radius 2 is 1.90 bits per heavy atom. The van der Waals surface area contributed by atoms with Crippen LogP contribution in [-0.4, -0.2) is 36.3 Å². The van der Waals surface area contributed by atoms with E-state index in [1.165, 1.54) is 18.4 Å². The number of rotatable bonds is 6. The summed E-state index contributed by atoms with van der Waals surface area (Å²) in [4.78, 5) is 2.51. The van der Waals surface area contributed by atoms with Crippen molar-refractivity contribution in [3.8, 4) is 17.0 Å². The van der Waals surface area contributed by atoms with Gasteiger partial charge in [-0.05, 0) is 61.0 Å². The first-order valence-corrected chi connectivity index (χ1v) is 11.1. The highest BCUT2D eigenvalue weighted by atomic mass is 32.1. The van der Waals surface area contributed by atoms with Crippen LogP contribution in [0.25, 0.3) is 21.5 Å². The zero-order valence-corrected chi connectivity index (χ0v) is 17.1. The third kappa shape index (κ3) is 4.07. The van der Waals surface area contributed by atoms with Crippen molar-refractivity contribution in [2.24, 2.45) is 0 Å². The summed E-state index contributed by atoms with van der Waals surface area (Å²) in [5.41, 5.74) is 4.25. The van der Waals surface area contributed by atoms with Crippen LogP contribution in [-0.2, 0) is 0 Å². The molecule has 0 N–H and O–H groups in total. The standard InChI is InChI=1S/C24H24N2O2S/c1-2-5-18(6-3-1)19-9-12-26(13-10-19)14-15-27-21-8-4-7-20(17-21)23-24-22(28-25-23)11-16-29-24/h1-8,11,16-17,19H,9-10,12-15H2. The second kappa shape index (κ2) is 8.39. The topological polar surface area (TPSA) is 38.5 Å². The van der Waals surface area contributed by atoms with E-state index in [2.05, 4.69) is 52.5 Å². The van der Waals surface area contributed by atoms with Crippen molar-refractivity contribution in [3.63, 3.8) is 0 Å². The van der Waals surface area contributed by atoms with Crippen LogP contribution in [0, 0.1) is 0 Å². The summed E-state index contributed by atoms with van der Waals surface area (Å²) in [5, 5.41) is 6.25. The lowest BCUT2D eigenvalue weighted by Crippen LogP contribution is -2.35. The van der Waals surface area contributed by atoms with E-state index < -0.39 is 0 Å². The molecule has 0 bridgehead atoms. The van der Waals surface area contributed by atoms with Crippen molar-refractivity contribution in [2.75, 3.05) is 26.2 Å². The van der Waals surface area contributed by atoms with Crippen molar-refractivity contribution in [1.82, 2.24) is 10.1 Å². The molecule has 29 heavy (non-hydrogen) atoms. The van der Waals surface area contributed by atoms with Crippen LogP contribution in [0.3, 0.4) is 0 Å². The molecule has 5 rings (SSSR count). The zero-order chi connectivity index (χ0) is 19.5. The monoisotopic (exact) mass is 404 g/mol. The van der Waals surface area contributed by atoms with Gasteiger partial charge in [0.1, 0.15) is 22.8 Å². The number of thiophene rings is 1. The molecule has 0 aliphatic carbocycles. The third-order valence-corrected chi connectivity index (χ3v) is 6.62. The van der Waals surface area contributed by atoms with Gasteiger partial charge in [-0.3, -0.25) is 4.90 Å². The van der Waals surface area contributed by atoms with Gasteiger partial charge in [-0.2, -0.15) is 0 Å². The van der Waals surface area contributed by atoms with Gasteiger partial charge >= 0.3 is 0 Å². The van der Waals surface area contributed by atoms with E-state index in [-0.39, 0.29) is 0 Å². The summed E-state index contributed by atoms with van der Waals surface area (Å²) in [6, 6.07) is 21.0. The molecule has 0 unspecified atom stereocenters. The Bertz CT molecular complexity index is 1060. The van der Waals surface area contributed by atoms with Gasteiger partial charge in [-0.25, -0.2) is 0 Å². The lowest BCUT2D eigenvalue weighted by atomic mass is 9.89. The number of nitrogens with zero attached hydrogens (tertiary/aromatic N) is 2. The number of benzene rings is 2. The molecular formula is C24H24N2O2S. The molecule has 0 amide bonds. The molecule has 0 spiro atoms. The van der Waals surface area contributed by atoms with Crippen molar-refractivity contribution in [1.29, 1.82) is 0 Å². The van der Waals surface area contributed by atoms with E-state index >= 15 is 0 Å². The Kier molecular flexibility index (Phi) is 5.33. The maximum atomic E-state index is 6.06. The lowest BCUT2D eigenvalue weighted by molar-refractivity contribution is 0.173. The summed E-state index contributed by atoms with van der Waals surface area (Å²) >= 11 is 1.65.